The Labute approximate surface area is 178 Å². The van der Waals surface area contributed by atoms with Gasteiger partial charge in [0.15, 0.2) is 5.82 Å². The van der Waals surface area contributed by atoms with Crippen LogP contribution in [0.3, 0.4) is 0 Å². The summed E-state index contributed by atoms with van der Waals surface area (Å²) in [5.41, 5.74) is -1.09. The smallest absolute Gasteiger partial charge is 0.378 e. The first-order valence-corrected chi connectivity index (χ1v) is 9.23. The molecule has 0 unspecified atom stereocenters. The molecule has 0 bridgehead atoms. The lowest BCUT2D eigenvalue weighted by atomic mass is 10.0. The predicted molar refractivity (Wildman–Crippen MR) is 106 cm³/mol. The Kier molecular flexibility index (Phi) is 5.06. The number of hydrogen-bond donors (Lipinski definition) is 0. The van der Waals surface area contributed by atoms with Crippen molar-refractivity contribution >= 4 is 11.5 Å². The lowest BCUT2D eigenvalue weighted by Crippen LogP contribution is -2.11. The number of alkyl halides is 6. The number of halogens is 6. The molecule has 166 valence electrons. The zero-order valence-corrected chi connectivity index (χ0v) is 16.7. The van der Waals surface area contributed by atoms with Crippen LogP contribution in [0, 0.1) is 0 Å². The van der Waals surface area contributed by atoms with Gasteiger partial charge in [0.25, 0.3) is 5.78 Å². The maximum atomic E-state index is 13.2. The van der Waals surface area contributed by atoms with Gasteiger partial charge in [-0.25, -0.2) is 4.98 Å². The van der Waals surface area contributed by atoms with Crippen molar-refractivity contribution in [2.24, 2.45) is 0 Å². The number of rotatable bonds is 3. The van der Waals surface area contributed by atoms with E-state index in [0.29, 0.717) is 17.8 Å². The van der Waals surface area contributed by atoms with E-state index in [1.54, 1.807) is 6.07 Å². The fraction of sp³-hybridized carbons (Fsp3) is 0.190. The first kappa shape index (κ1) is 21.6. The molecule has 0 aliphatic rings. The van der Waals surface area contributed by atoms with Crippen LogP contribution in [0.2, 0.25) is 0 Å². The second-order valence-electron chi connectivity index (χ2n) is 7.21. The molecule has 0 N–H and O–H groups in total. The van der Waals surface area contributed by atoms with Gasteiger partial charge in [-0.05, 0) is 36.4 Å². The maximum Gasteiger partial charge on any atom is 0.416 e. The van der Waals surface area contributed by atoms with E-state index in [0.717, 1.165) is 11.3 Å². The summed E-state index contributed by atoms with van der Waals surface area (Å²) in [5.74, 6) is -0.258. The van der Waals surface area contributed by atoms with Crippen molar-refractivity contribution in [1.82, 2.24) is 19.6 Å². The van der Waals surface area contributed by atoms with Crippen LogP contribution < -0.4 is 4.90 Å². The van der Waals surface area contributed by atoms with Gasteiger partial charge in [-0.3, -0.25) is 0 Å². The Morgan fingerprint density at radius 2 is 1.38 bits per heavy atom. The molecule has 0 fully saturated rings. The summed E-state index contributed by atoms with van der Waals surface area (Å²) in [6, 6.07) is 10.2. The quantitative estimate of drug-likeness (QED) is 0.383. The highest BCUT2D eigenvalue weighted by atomic mass is 19.4. The summed E-state index contributed by atoms with van der Waals surface area (Å²) < 4.78 is 80.5. The van der Waals surface area contributed by atoms with Gasteiger partial charge in [-0.1, -0.05) is 12.1 Å². The number of hydrogen-bond acceptors (Lipinski definition) is 4. The molecular formula is C21H15F6N5. The van der Waals surface area contributed by atoms with Crippen molar-refractivity contribution in [3.05, 3.63) is 65.9 Å². The summed E-state index contributed by atoms with van der Waals surface area (Å²) in [4.78, 5) is 10.0. The van der Waals surface area contributed by atoms with Crippen molar-refractivity contribution in [1.29, 1.82) is 0 Å². The molecule has 5 nitrogen and oxygen atoms in total. The second-order valence-corrected chi connectivity index (χ2v) is 7.21. The van der Waals surface area contributed by atoms with E-state index < -0.39 is 29.0 Å². The molecule has 2 aromatic carbocycles. The molecule has 0 aliphatic carbocycles. The highest BCUT2D eigenvalue weighted by molar-refractivity contribution is 5.66. The topological polar surface area (TPSA) is 46.3 Å². The third-order valence-electron chi connectivity index (χ3n) is 4.77. The fourth-order valence-electron chi connectivity index (χ4n) is 3.15. The number of nitrogens with zero attached hydrogens (tertiary/aromatic N) is 5. The molecule has 0 saturated carbocycles. The Hall–Kier alpha value is -3.63. The summed E-state index contributed by atoms with van der Waals surface area (Å²) in [6.07, 6.45) is -8.49. The van der Waals surface area contributed by atoms with Crippen LogP contribution in [-0.4, -0.2) is 33.7 Å². The third kappa shape index (κ3) is 4.10. The molecular weight excluding hydrogens is 436 g/mol. The molecule has 0 spiro atoms. The number of aromatic nitrogens is 4. The Morgan fingerprint density at radius 3 is 1.91 bits per heavy atom. The van der Waals surface area contributed by atoms with Gasteiger partial charge >= 0.3 is 12.4 Å². The van der Waals surface area contributed by atoms with Crippen LogP contribution in [0.1, 0.15) is 11.1 Å². The predicted octanol–water partition coefficient (Wildman–Crippen LogP) is 5.56. The summed E-state index contributed by atoms with van der Waals surface area (Å²) in [6.45, 7) is 0. The molecule has 0 saturated heterocycles. The Balaban J connectivity index is 1.86. The average molecular weight is 451 g/mol. The van der Waals surface area contributed by atoms with Crippen LogP contribution in [0.15, 0.2) is 54.7 Å². The van der Waals surface area contributed by atoms with Crippen molar-refractivity contribution in [3.63, 3.8) is 0 Å². The minimum Gasteiger partial charge on any atom is -0.378 e. The number of benzene rings is 2. The van der Waals surface area contributed by atoms with E-state index in [-0.39, 0.29) is 17.7 Å². The number of fused-ring (bicyclic) bond motifs is 1. The van der Waals surface area contributed by atoms with Crippen molar-refractivity contribution in [2.45, 2.75) is 12.4 Å². The molecule has 32 heavy (non-hydrogen) atoms. The highest BCUT2D eigenvalue weighted by Gasteiger charge is 2.37. The third-order valence-corrected chi connectivity index (χ3v) is 4.77. The van der Waals surface area contributed by atoms with E-state index in [4.69, 9.17) is 0 Å². The lowest BCUT2D eigenvalue weighted by molar-refractivity contribution is -0.143. The Morgan fingerprint density at radius 1 is 0.781 bits per heavy atom. The van der Waals surface area contributed by atoms with Crippen molar-refractivity contribution in [2.75, 3.05) is 19.0 Å². The average Bonchev–Trinajstić information content (AvgIpc) is 3.17. The number of anilines is 1. The van der Waals surface area contributed by atoms with E-state index in [1.807, 2.05) is 43.3 Å². The summed E-state index contributed by atoms with van der Waals surface area (Å²) >= 11 is 0. The van der Waals surface area contributed by atoms with E-state index in [9.17, 15) is 26.3 Å². The zero-order chi connectivity index (χ0) is 23.3. The van der Waals surface area contributed by atoms with Gasteiger partial charge in [0, 0.05) is 37.1 Å². The monoisotopic (exact) mass is 451 g/mol. The van der Waals surface area contributed by atoms with Crippen LogP contribution in [0.4, 0.5) is 32.0 Å². The van der Waals surface area contributed by atoms with E-state index in [2.05, 4.69) is 15.1 Å². The standard InChI is InChI=1S/C21H15F6N5/c1-31(2)16-5-3-12(4-6-16)17-7-8-28-19-29-18(30-32(17)19)13-9-14(20(22,23)24)11-15(10-13)21(25,26)27/h3-11H,1-2H3. The molecule has 4 aromatic rings. The molecule has 2 heterocycles. The molecule has 0 aliphatic heterocycles. The van der Waals surface area contributed by atoms with E-state index >= 15 is 0 Å². The maximum absolute atomic E-state index is 13.2. The Bertz CT molecular complexity index is 1240. The molecule has 0 atom stereocenters. The summed E-state index contributed by atoms with van der Waals surface area (Å²) in [7, 11) is 3.77. The molecule has 0 radical (unpaired) electrons. The van der Waals surface area contributed by atoms with Crippen LogP contribution in [0.25, 0.3) is 28.4 Å². The largest absolute Gasteiger partial charge is 0.416 e. The van der Waals surface area contributed by atoms with Crippen LogP contribution in [0.5, 0.6) is 0 Å². The molecule has 11 heteroatoms. The van der Waals surface area contributed by atoms with Gasteiger partial charge in [0.05, 0.1) is 16.8 Å². The normalized spacial score (nSPS) is 12.4. The summed E-state index contributed by atoms with van der Waals surface area (Å²) in [5, 5.41) is 4.16. The highest BCUT2D eigenvalue weighted by Crippen LogP contribution is 2.38. The van der Waals surface area contributed by atoms with Crippen molar-refractivity contribution < 1.29 is 26.3 Å². The second kappa shape index (κ2) is 7.50. The van der Waals surface area contributed by atoms with Gasteiger partial charge < -0.3 is 4.90 Å². The van der Waals surface area contributed by atoms with Crippen molar-refractivity contribution in [3.8, 4) is 22.6 Å². The lowest BCUT2D eigenvalue weighted by Gasteiger charge is -2.13. The molecule has 0 amide bonds. The van der Waals surface area contributed by atoms with Gasteiger partial charge in [-0.2, -0.15) is 35.8 Å². The van der Waals surface area contributed by atoms with Gasteiger partial charge in [0.2, 0.25) is 0 Å². The molecule has 2 aromatic heterocycles. The van der Waals surface area contributed by atoms with Gasteiger partial charge in [-0.15, -0.1) is 5.10 Å². The molecule has 4 rings (SSSR count). The van der Waals surface area contributed by atoms with Crippen LogP contribution >= 0.6 is 0 Å². The first-order chi connectivity index (χ1) is 14.9. The first-order valence-electron chi connectivity index (χ1n) is 9.23. The zero-order valence-electron chi connectivity index (χ0n) is 16.7. The minimum absolute atomic E-state index is 0.0418. The fourth-order valence-corrected chi connectivity index (χ4v) is 3.15. The SMILES string of the molecule is CN(C)c1ccc(-c2ccnc3nc(-c4cc(C(F)(F)F)cc(C(F)(F)F)c4)nn23)cc1. The van der Waals surface area contributed by atoms with E-state index in [1.165, 1.54) is 10.7 Å². The van der Waals surface area contributed by atoms with Crippen LogP contribution in [-0.2, 0) is 12.4 Å². The van der Waals surface area contributed by atoms with Gasteiger partial charge in [0.1, 0.15) is 0 Å². The minimum atomic E-state index is -4.97.